The Morgan fingerprint density at radius 1 is 1.11 bits per heavy atom. The molecule has 0 spiro atoms. The topological polar surface area (TPSA) is 98.9 Å². The lowest BCUT2D eigenvalue weighted by atomic mass is 10.0. The van der Waals surface area contributed by atoms with Gasteiger partial charge in [0.05, 0.1) is 24.3 Å². The number of ether oxygens (including phenoxy) is 1. The summed E-state index contributed by atoms with van der Waals surface area (Å²) in [6, 6.07) is 3.56. The molecule has 2 aromatic heterocycles. The predicted octanol–water partition coefficient (Wildman–Crippen LogP) is 3.02. The van der Waals surface area contributed by atoms with Gasteiger partial charge in [0.1, 0.15) is 6.73 Å². The number of fused-ring (bicyclic) bond motifs is 2. The van der Waals surface area contributed by atoms with Gasteiger partial charge >= 0.3 is 0 Å². The van der Waals surface area contributed by atoms with Crippen LogP contribution in [-0.4, -0.2) is 29.6 Å². The molecule has 7 nitrogen and oxygen atoms in total. The van der Waals surface area contributed by atoms with Crippen molar-refractivity contribution in [3.63, 3.8) is 0 Å². The fourth-order valence-electron chi connectivity index (χ4n) is 3.35. The van der Waals surface area contributed by atoms with Gasteiger partial charge in [-0.25, -0.2) is 0 Å². The summed E-state index contributed by atoms with van der Waals surface area (Å²) < 4.78 is 17.3. The Morgan fingerprint density at radius 2 is 1.74 bits per heavy atom. The number of nitrogens with zero attached hydrogens (tertiary/aromatic N) is 1. The molecule has 0 atom stereocenters. The van der Waals surface area contributed by atoms with Crippen LogP contribution >= 0.6 is 0 Å². The van der Waals surface area contributed by atoms with Gasteiger partial charge in [0.2, 0.25) is 11.7 Å². The van der Waals surface area contributed by atoms with Gasteiger partial charge < -0.3 is 19.3 Å². The Labute approximate surface area is 156 Å². The van der Waals surface area contributed by atoms with E-state index in [4.69, 9.17) is 19.3 Å². The van der Waals surface area contributed by atoms with Gasteiger partial charge in [-0.15, -0.1) is 0 Å². The summed E-state index contributed by atoms with van der Waals surface area (Å²) in [5.41, 5.74) is 6.31. The average molecular weight is 372 g/mol. The number of benzene rings is 1. The summed E-state index contributed by atoms with van der Waals surface area (Å²) in [7, 11) is 0. The smallest absolute Gasteiger partial charge is 0.221 e. The SMILES string of the molecule is CC(C)N(COc1c2occc2c(CC(N)=O)c2c(=O)ccoc12)C(C)C. The Hall–Kier alpha value is -2.80. The Balaban J connectivity index is 2.20. The Kier molecular flexibility index (Phi) is 5.23. The number of primary amides is 1. The van der Waals surface area contributed by atoms with Gasteiger partial charge in [0.25, 0.3) is 0 Å². The second-order valence-corrected chi connectivity index (χ2v) is 7.08. The lowest BCUT2D eigenvalue weighted by Crippen LogP contribution is -2.39. The van der Waals surface area contributed by atoms with E-state index in [1.54, 1.807) is 6.07 Å². The molecule has 0 saturated carbocycles. The van der Waals surface area contributed by atoms with Gasteiger partial charge in [-0.3, -0.25) is 14.5 Å². The molecular formula is C20H24N2O5. The molecule has 27 heavy (non-hydrogen) atoms. The van der Waals surface area contributed by atoms with E-state index in [-0.39, 0.29) is 29.5 Å². The minimum Gasteiger partial charge on any atom is -0.470 e. The van der Waals surface area contributed by atoms with Crippen LogP contribution < -0.4 is 15.9 Å². The number of hydrogen-bond acceptors (Lipinski definition) is 6. The van der Waals surface area contributed by atoms with E-state index in [0.29, 0.717) is 34.4 Å². The van der Waals surface area contributed by atoms with Gasteiger partial charge in [0, 0.05) is 23.5 Å². The minimum atomic E-state index is -0.540. The third kappa shape index (κ3) is 3.55. The standard InChI is InChI=1S/C20H24N2O5/c1-11(2)22(12(3)4)10-27-20-18-13(5-7-25-18)14(9-16(21)24)17-15(23)6-8-26-19(17)20/h5-8,11-12H,9-10H2,1-4H3,(H2,21,24). The normalized spacial score (nSPS) is 12.0. The molecule has 2 heterocycles. The number of furan rings is 1. The molecule has 0 saturated heterocycles. The van der Waals surface area contributed by atoms with Crippen LogP contribution in [0.4, 0.5) is 0 Å². The van der Waals surface area contributed by atoms with Gasteiger partial charge in [0.15, 0.2) is 16.6 Å². The highest BCUT2D eigenvalue weighted by Gasteiger charge is 2.23. The highest BCUT2D eigenvalue weighted by atomic mass is 16.5. The molecule has 144 valence electrons. The highest BCUT2D eigenvalue weighted by molar-refractivity contribution is 6.05. The first-order valence-corrected chi connectivity index (χ1v) is 8.91. The first-order valence-electron chi connectivity index (χ1n) is 8.91. The summed E-state index contributed by atoms with van der Waals surface area (Å²) in [5, 5.41) is 0.913. The Morgan fingerprint density at radius 3 is 2.37 bits per heavy atom. The average Bonchev–Trinajstić information content (AvgIpc) is 3.05. The quantitative estimate of drug-likeness (QED) is 0.640. The second-order valence-electron chi connectivity index (χ2n) is 7.08. The van der Waals surface area contributed by atoms with Crippen molar-refractivity contribution in [1.82, 2.24) is 4.90 Å². The van der Waals surface area contributed by atoms with Crippen LogP contribution in [0.25, 0.3) is 21.9 Å². The third-order valence-electron chi connectivity index (χ3n) is 4.62. The predicted molar refractivity (Wildman–Crippen MR) is 103 cm³/mol. The maximum absolute atomic E-state index is 12.5. The zero-order valence-corrected chi connectivity index (χ0v) is 15.9. The second kappa shape index (κ2) is 7.44. The number of nitrogens with two attached hydrogens (primary N) is 1. The van der Waals surface area contributed by atoms with Crippen LogP contribution in [0.3, 0.4) is 0 Å². The lowest BCUT2D eigenvalue weighted by Gasteiger charge is -2.30. The molecule has 0 aliphatic heterocycles. The van der Waals surface area contributed by atoms with Crippen molar-refractivity contribution in [3.05, 3.63) is 40.4 Å². The van der Waals surface area contributed by atoms with E-state index in [1.807, 2.05) is 0 Å². The maximum Gasteiger partial charge on any atom is 0.221 e. The van der Waals surface area contributed by atoms with Crippen LogP contribution in [0.15, 0.2) is 38.3 Å². The van der Waals surface area contributed by atoms with Gasteiger partial charge in [-0.2, -0.15) is 0 Å². The van der Waals surface area contributed by atoms with Crippen LogP contribution in [-0.2, 0) is 11.2 Å². The van der Waals surface area contributed by atoms with Crippen molar-refractivity contribution in [2.24, 2.45) is 5.73 Å². The highest BCUT2D eigenvalue weighted by Crippen LogP contribution is 2.38. The monoisotopic (exact) mass is 372 g/mol. The molecule has 0 fully saturated rings. The number of carbonyl (C=O) groups excluding carboxylic acids is 1. The summed E-state index contributed by atoms with van der Waals surface area (Å²) in [6.45, 7) is 8.63. The number of amides is 1. The van der Waals surface area contributed by atoms with Crippen LogP contribution in [0.5, 0.6) is 5.75 Å². The number of rotatable bonds is 7. The fraction of sp³-hybridized carbons (Fsp3) is 0.400. The maximum atomic E-state index is 12.5. The summed E-state index contributed by atoms with van der Waals surface area (Å²) in [6.07, 6.45) is 2.71. The van der Waals surface area contributed by atoms with E-state index in [1.165, 1.54) is 18.6 Å². The molecule has 0 aliphatic rings. The fourth-order valence-corrected chi connectivity index (χ4v) is 3.35. The molecule has 3 rings (SSSR count). The van der Waals surface area contributed by atoms with Crippen molar-refractivity contribution >= 4 is 27.8 Å². The molecule has 1 aromatic carbocycles. The Bertz CT molecular complexity index is 1020. The first kappa shape index (κ1) is 19.0. The van der Waals surface area contributed by atoms with Gasteiger partial charge in [-0.1, -0.05) is 0 Å². The summed E-state index contributed by atoms with van der Waals surface area (Å²) in [5.74, 6) is -0.191. The van der Waals surface area contributed by atoms with E-state index in [2.05, 4.69) is 32.6 Å². The molecule has 0 radical (unpaired) electrons. The van der Waals surface area contributed by atoms with Crippen LogP contribution in [0.1, 0.15) is 33.3 Å². The van der Waals surface area contributed by atoms with Crippen molar-refractivity contribution in [2.45, 2.75) is 46.2 Å². The molecule has 7 heteroatoms. The van der Waals surface area contributed by atoms with Crippen LogP contribution in [0, 0.1) is 0 Å². The zero-order chi connectivity index (χ0) is 19.7. The van der Waals surface area contributed by atoms with Crippen molar-refractivity contribution < 1.29 is 18.4 Å². The third-order valence-corrected chi connectivity index (χ3v) is 4.62. The van der Waals surface area contributed by atoms with E-state index >= 15 is 0 Å². The molecule has 1 amide bonds. The van der Waals surface area contributed by atoms with Crippen molar-refractivity contribution in [1.29, 1.82) is 0 Å². The van der Waals surface area contributed by atoms with E-state index in [0.717, 1.165) is 0 Å². The summed E-state index contributed by atoms with van der Waals surface area (Å²) in [4.78, 5) is 26.3. The molecule has 0 unspecified atom stereocenters. The van der Waals surface area contributed by atoms with E-state index < -0.39 is 5.91 Å². The van der Waals surface area contributed by atoms with Crippen LogP contribution in [0.2, 0.25) is 0 Å². The molecule has 0 aliphatic carbocycles. The largest absolute Gasteiger partial charge is 0.470 e. The summed E-state index contributed by atoms with van der Waals surface area (Å²) >= 11 is 0. The first-order chi connectivity index (χ1) is 12.8. The van der Waals surface area contributed by atoms with Crippen molar-refractivity contribution in [3.8, 4) is 5.75 Å². The van der Waals surface area contributed by atoms with Crippen molar-refractivity contribution in [2.75, 3.05) is 6.73 Å². The van der Waals surface area contributed by atoms with Gasteiger partial charge in [-0.05, 0) is 39.3 Å². The lowest BCUT2D eigenvalue weighted by molar-refractivity contribution is -0.117. The minimum absolute atomic E-state index is 0.0916. The van der Waals surface area contributed by atoms with E-state index in [9.17, 15) is 9.59 Å². The molecular weight excluding hydrogens is 348 g/mol. The molecule has 0 bridgehead atoms. The molecule has 2 N–H and O–H groups in total. The molecule has 3 aromatic rings. The number of carbonyl (C=O) groups is 1. The number of hydrogen-bond donors (Lipinski definition) is 1. The zero-order valence-electron chi connectivity index (χ0n) is 15.9.